The number of nitrogens with zero attached hydrogens (tertiary/aromatic N) is 1. The van der Waals surface area contributed by atoms with Gasteiger partial charge in [-0.2, -0.15) is 4.31 Å². The molecule has 1 unspecified atom stereocenters. The van der Waals surface area contributed by atoms with E-state index < -0.39 is 22.0 Å². The molecule has 1 heterocycles. The zero-order chi connectivity index (χ0) is 20.3. The average molecular weight is 408 g/mol. The third-order valence-electron chi connectivity index (χ3n) is 4.75. The van der Waals surface area contributed by atoms with E-state index in [-0.39, 0.29) is 23.2 Å². The van der Waals surface area contributed by atoms with Gasteiger partial charge >= 0.3 is 0 Å². The van der Waals surface area contributed by atoms with Crippen LogP contribution in [0.15, 0.2) is 53.4 Å². The number of hydroxylamine groups is 1. The summed E-state index contributed by atoms with van der Waals surface area (Å²) in [5.74, 6) is -0.543. The summed E-state index contributed by atoms with van der Waals surface area (Å²) in [7, 11) is -3.94. The standard InChI is InChI=1S/C19H21FN2O5S/c1-13-3-2-12-22(18(13)19(23)21-24)28(25,26)17-10-8-16(9-11-17)27-15-6-4-14(20)5-7-15/h4-11,13,18,24H,2-3,12H2,1H3,(H,21,23)/t13?,18-/m0/s1. The Labute approximate surface area is 162 Å². The highest BCUT2D eigenvalue weighted by Gasteiger charge is 2.41. The Hall–Kier alpha value is -2.49. The number of ether oxygens (including phenoxy) is 1. The average Bonchev–Trinajstić information content (AvgIpc) is 2.69. The van der Waals surface area contributed by atoms with E-state index in [9.17, 15) is 17.6 Å². The second-order valence-electron chi connectivity index (χ2n) is 6.68. The van der Waals surface area contributed by atoms with Gasteiger partial charge < -0.3 is 4.74 Å². The molecule has 2 N–H and O–H groups in total. The molecule has 2 aromatic rings. The molecule has 3 rings (SSSR count). The minimum atomic E-state index is -3.94. The third kappa shape index (κ3) is 4.16. The van der Waals surface area contributed by atoms with Gasteiger partial charge in [-0.05, 0) is 67.3 Å². The summed E-state index contributed by atoms with van der Waals surface area (Å²) < 4.78 is 45.8. The van der Waals surface area contributed by atoms with Crippen LogP contribution in [0.2, 0.25) is 0 Å². The van der Waals surface area contributed by atoms with Crippen LogP contribution in [0.4, 0.5) is 4.39 Å². The fourth-order valence-electron chi connectivity index (χ4n) is 3.33. The van der Waals surface area contributed by atoms with Crippen molar-refractivity contribution in [2.75, 3.05) is 6.54 Å². The van der Waals surface area contributed by atoms with Crippen LogP contribution in [0.3, 0.4) is 0 Å². The predicted octanol–water partition coefficient (Wildman–Crippen LogP) is 2.91. The monoisotopic (exact) mass is 408 g/mol. The normalized spacial score (nSPS) is 20.5. The lowest BCUT2D eigenvalue weighted by Gasteiger charge is -2.37. The van der Waals surface area contributed by atoms with Gasteiger partial charge in [0.2, 0.25) is 10.0 Å². The number of nitrogens with one attached hydrogen (secondary N) is 1. The van der Waals surface area contributed by atoms with Gasteiger partial charge in [-0.3, -0.25) is 10.0 Å². The van der Waals surface area contributed by atoms with E-state index in [0.29, 0.717) is 24.3 Å². The molecule has 7 nitrogen and oxygen atoms in total. The number of hydrogen-bond donors (Lipinski definition) is 2. The Kier molecular flexibility index (Phi) is 5.97. The van der Waals surface area contributed by atoms with Crippen LogP contribution in [0.25, 0.3) is 0 Å². The van der Waals surface area contributed by atoms with Crippen LogP contribution >= 0.6 is 0 Å². The molecule has 1 fully saturated rings. The first kappa shape index (κ1) is 20.2. The third-order valence-corrected chi connectivity index (χ3v) is 6.64. The second kappa shape index (κ2) is 8.26. The molecular formula is C19H21FN2O5S. The lowest BCUT2D eigenvalue weighted by Crippen LogP contribution is -2.54. The second-order valence-corrected chi connectivity index (χ2v) is 8.57. The first-order chi connectivity index (χ1) is 13.3. The van der Waals surface area contributed by atoms with E-state index >= 15 is 0 Å². The van der Waals surface area contributed by atoms with Gasteiger partial charge in [-0.15, -0.1) is 0 Å². The zero-order valence-electron chi connectivity index (χ0n) is 15.2. The Bertz CT molecular complexity index is 932. The molecular weight excluding hydrogens is 387 g/mol. The summed E-state index contributed by atoms with van der Waals surface area (Å²) >= 11 is 0. The maximum absolute atomic E-state index is 13.1. The van der Waals surface area contributed by atoms with Gasteiger partial charge in [0.25, 0.3) is 5.91 Å². The number of amides is 1. The summed E-state index contributed by atoms with van der Waals surface area (Å²) in [4.78, 5) is 12.1. The molecule has 0 aliphatic carbocycles. The summed E-state index contributed by atoms with van der Waals surface area (Å²) in [5.41, 5.74) is 1.57. The molecule has 28 heavy (non-hydrogen) atoms. The SMILES string of the molecule is CC1CCCN(S(=O)(=O)c2ccc(Oc3ccc(F)cc3)cc2)[C@@H]1C(=O)NO. The molecule has 0 bridgehead atoms. The van der Waals surface area contributed by atoms with Gasteiger partial charge in [-0.1, -0.05) is 6.92 Å². The van der Waals surface area contributed by atoms with Gasteiger partial charge in [0, 0.05) is 6.54 Å². The summed E-state index contributed by atoms with van der Waals surface area (Å²) in [6.07, 6.45) is 1.32. The molecule has 0 spiro atoms. The predicted molar refractivity (Wildman–Crippen MR) is 98.9 cm³/mol. The van der Waals surface area contributed by atoms with E-state index in [2.05, 4.69) is 0 Å². The number of hydrogen-bond acceptors (Lipinski definition) is 5. The number of carbonyl (C=O) groups is 1. The number of rotatable bonds is 5. The Balaban J connectivity index is 1.82. The van der Waals surface area contributed by atoms with Crippen molar-refractivity contribution in [2.45, 2.75) is 30.7 Å². The number of carbonyl (C=O) groups excluding carboxylic acids is 1. The first-order valence-electron chi connectivity index (χ1n) is 8.82. The Morgan fingerprint density at radius 1 is 1.14 bits per heavy atom. The minimum Gasteiger partial charge on any atom is -0.457 e. The van der Waals surface area contributed by atoms with Crippen LogP contribution in [0.5, 0.6) is 11.5 Å². The van der Waals surface area contributed by atoms with Crippen molar-refractivity contribution in [1.82, 2.24) is 9.79 Å². The van der Waals surface area contributed by atoms with E-state index in [0.717, 1.165) is 4.31 Å². The van der Waals surface area contributed by atoms with Crippen LogP contribution in [0, 0.1) is 11.7 Å². The van der Waals surface area contributed by atoms with E-state index in [1.807, 2.05) is 0 Å². The fourth-order valence-corrected chi connectivity index (χ4v) is 5.05. The zero-order valence-corrected chi connectivity index (χ0v) is 16.0. The first-order valence-corrected chi connectivity index (χ1v) is 10.3. The largest absolute Gasteiger partial charge is 0.457 e. The van der Waals surface area contributed by atoms with Crippen LogP contribution in [-0.2, 0) is 14.8 Å². The molecule has 2 aromatic carbocycles. The van der Waals surface area contributed by atoms with Crippen molar-refractivity contribution < 1.29 is 27.5 Å². The Morgan fingerprint density at radius 2 is 1.71 bits per heavy atom. The highest BCUT2D eigenvalue weighted by atomic mass is 32.2. The van der Waals surface area contributed by atoms with Gasteiger partial charge in [-0.25, -0.2) is 18.3 Å². The Morgan fingerprint density at radius 3 is 2.29 bits per heavy atom. The number of benzene rings is 2. The van der Waals surface area contributed by atoms with Gasteiger partial charge in [0.15, 0.2) is 0 Å². The van der Waals surface area contributed by atoms with Crippen molar-refractivity contribution in [3.05, 3.63) is 54.3 Å². The van der Waals surface area contributed by atoms with Crippen molar-refractivity contribution in [2.24, 2.45) is 5.92 Å². The molecule has 1 aliphatic heterocycles. The summed E-state index contributed by atoms with van der Waals surface area (Å²) in [5, 5.41) is 8.99. The number of sulfonamides is 1. The van der Waals surface area contributed by atoms with Gasteiger partial charge in [0.1, 0.15) is 23.4 Å². The van der Waals surface area contributed by atoms with Gasteiger partial charge in [0.05, 0.1) is 4.90 Å². The van der Waals surface area contributed by atoms with E-state index in [1.165, 1.54) is 48.5 Å². The molecule has 1 amide bonds. The molecule has 9 heteroatoms. The highest BCUT2D eigenvalue weighted by molar-refractivity contribution is 7.89. The molecule has 2 atom stereocenters. The van der Waals surface area contributed by atoms with E-state index in [4.69, 9.17) is 9.94 Å². The smallest absolute Gasteiger partial charge is 0.262 e. The topological polar surface area (TPSA) is 95.9 Å². The maximum atomic E-state index is 13.1. The van der Waals surface area contributed by atoms with Crippen LogP contribution in [-0.4, -0.2) is 36.4 Å². The molecule has 1 saturated heterocycles. The van der Waals surface area contributed by atoms with E-state index in [1.54, 1.807) is 12.4 Å². The summed E-state index contributed by atoms with van der Waals surface area (Å²) in [6, 6.07) is 10.2. The number of halogens is 1. The highest BCUT2D eigenvalue weighted by Crippen LogP contribution is 2.30. The van der Waals surface area contributed by atoms with Crippen molar-refractivity contribution in [1.29, 1.82) is 0 Å². The maximum Gasteiger partial charge on any atom is 0.262 e. The number of piperidine rings is 1. The van der Waals surface area contributed by atoms with Crippen LogP contribution in [0.1, 0.15) is 19.8 Å². The summed E-state index contributed by atoms with van der Waals surface area (Å²) in [6.45, 7) is 1.97. The minimum absolute atomic E-state index is 0.0174. The van der Waals surface area contributed by atoms with Crippen molar-refractivity contribution in [3.8, 4) is 11.5 Å². The molecule has 0 aromatic heterocycles. The quantitative estimate of drug-likeness (QED) is 0.586. The fraction of sp³-hybridized carbons (Fsp3) is 0.316. The molecule has 0 saturated carbocycles. The lowest BCUT2D eigenvalue weighted by molar-refractivity contribution is -0.135. The molecule has 150 valence electrons. The lowest BCUT2D eigenvalue weighted by atomic mass is 9.92. The van der Waals surface area contributed by atoms with Crippen molar-refractivity contribution >= 4 is 15.9 Å². The molecule has 1 aliphatic rings. The van der Waals surface area contributed by atoms with Crippen LogP contribution < -0.4 is 10.2 Å². The molecule has 0 radical (unpaired) electrons. The van der Waals surface area contributed by atoms with Crippen molar-refractivity contribution in [3.63, 3.8) is 0 Å².